The van der Waals surface area contributed by atoms with Gasteiger partial charge in [0.15, 0.2) is 5.75 Å². The van der Waals surface area contributed by atoms with Crippen LogP contribution in [0.3, 0.4) is 0 Å². The summed E-state index contributed by atoms with van der Waals surface area (Å²) in [6.07, 6.45) is 0. The van der Waals surface area contributed by atoms with Crippen molar-refractivity contribution >= 4 is 34.8 Å². The van der Waals surface area contributed by atoms with Crippen molar-refractivity contribution in [2.45, 2.75) is 0 Å². The van der Waals surface area contributed by atoms with Gasteiger partial charge in [-0.05, 0) is 24.3 Å². The van der Waals surface area contributed by atoms with E-state index < -0.39 is 0 Å². The molecule has 0 aliphatic carbocycles. The summed E-state index contributed by atoms with van der Waals surface area (Å²) in [6.45, 7) is 0. The molecule has 0 aliphatic rings. The van der Waals surface area contributed by atoms with Gasteiger partial charge < -0.3 is 19.5 Å². The molecule has 7 heteroatoms. The SMILES string of the molecule is COc1ccc(NC(=O)c2cc(Cl)c(OC)c(Cl)c2)c(OC)c1. The molecule has 2 aromatic rings. The summed E-state index contributed by atoms with van der Waals surface area (Å²) < 4.78 is 15.4. The number of nitrogens with one attached hydrogen (secondary N) is 1. The Balaban J connectivity index is 2.29. The molecule has 0 spiro atoms. The fraction of sp³-hybridized carbons (Fsp3) is 0.188. The monoisotopic (exact) mass is 355 g/mol. The fourth-order valence-electron chi connectivity index (χ4n) is 1.98. The molecule has 2 rings (SSSR count). The second-order valence-corrected chi connectivity index (χ2v) is 5.31. The van der Waals surface area contributed by atoms with Crippen LogP contribution in [0.15, 0.2) is 30.3 Å². The maximum atomic E-state index is 12.4. The second-order valence-electron chi connectivity index (χ2n) is 4.49. The number of benzene rings is 2. The van der Waals surface area contributed by atoms with E-state index in [4.69, 9.17) is 37.4 Å². The molecule has 1 amide bonds. The summed E-state index contributed by atoms with van der Waals surface area (Å²) in [4.78, 5) is 12.4. The number of carbonyl (C=O) groups excluding carboxylic acids is 1. The van der Waals surface area contributed by atoms with Crippen LogP contribution in [-0.4, -0.2) is 27.2 Å². The van der Waals surface area contributed by atoms with E-state index >= 15 is 0 Å². The van der Waals surface area contributed by atoms with Crippen LogP contribution in [0.2, 0.25) is 10.0 Å². The zero-order chi connectivity index (χ0) is 17.0. The first-order chi connectivity index (χ1) is 11.0. The van der Waals surface area contributed by atoms with Crippen molar-refractivity contribution in [1.82, 2.24) is 0 Å². The molecular weight excluding hydrogens is 341 g/mol. The van der Waals surface area contributed by atoms with Gasteiger partial charge in [0.05, 0.1) is 37.1 Å². The Morgan fingerprint density at radius 2 is 1.61 bits per heavy atom. The Labute approximate surface area is 144 Å². The number of ether oxygens (including phenoxy) is 3. The topological polar surface area (TPSA) is 56.8 Å². The average Bonchev–Trinajstić information content (AvgIpc) is 2.54. The zero-order valence-electron chi connectivity index (χ0n) is 12.8. The van der Waals surface area contributed by atoms with Crippen molar-refractivity contribution in [3.05, 3.63) is 45.9 Å². The van der Waals surface area contributed by atoms with Crippen LogP contribution in [0, 0.1) is 0 Å². The Bertz CT molecular complexity index is 711. The van der Waals surface area contributed by atoms with Gasteiger partial charge in [-0.15, -0.1) is 0 Å². The zero-order valence-corrected chi connectivity index (χ0v) is 14.3. The summed E-state index contributed by atoms with van der Waals surface area (Å²) >= 11 is 12.1. The van der Waals surface area contributed by atoms with Crippen molar-refractivity contribution < 1.29 is 19.0 Å². The minimum Gasteiger partial charge on any atom is -0.497 e. The molecule has 2 aromatic carbocycles. The second kappa shape index (κ2) is 7.44. The molecule has 0 radical (unpaired) electrons. The maximum Gasteiger partial charge on any atom is 0.255 e. The van der Waals surface area contributed by atoms with Crippen LogP contribution in [-0.2, 0) is 0 Å². The van der Waals surface area contributed by atoms with Crippen LogP contribution in [0.4, 0.5) is 5.69 Å². The highest BCUT2D eigenvalue weighted by molar-refractivity contribution is 6.37. The van der Waals surface area contributed by atoms with Gasteiger partial charge in [-0.3, -0.25) is 4.79 Å². The van der Waals surface area contributed by atoms with E-state index in [1.807, 2.05) is 0 Å². The molecule has 5 nitrogen and oxygen atoms in total. The summed E-state index contributed by atoms with van der Waals surface area (Å²) in [5.74, 6) is 1.05. The van der Waals surface area contributed by atoms with Crippen molar-refractivity contribution in [1.29, 1.82) is 0 Å². The van der Waals surface area contributed by atoms with Crippen molar-refractivity contribution in [3.8, 4) is 17.2 Å². The molecular formula is C16H15Cl2NO4. The minimum atomic E-state index is -0.375. The van der Waals surface area contributed by atoms with E-state index in [1.54, 1.807) is 25.3 Å². The first kappa shape index (κ1) is 17.2. The quantitative estimate of drug-likeness (QED) is 0.869. The molecule has 122 valence electrons. The van der Waals surface area contributed by atoms with E-state index in [0.717, 1.165) is 0 Å². The van der Waals surface area contributed by atoms with Gasteiger partial charge in [-0.25, -0.2) is 0 Å². The predicted octanol–water partition coefficient (Wildman–Crippen LogP) is 4.27. The number of halogens is 2. The highest BCUT2D eigenvalue weighted by Crippen LogP contribution is 2.34. The number of rotatable bonds is 5. The van der Waals surface area contributed by atoms with E-state index in [2.05, 4.69) is 5.32 Å². The first-order valence-corrected chi connectivity index (χ1v) is 7.32. The number of carbonyl (C=O) groups is 1. The summed E-state index contributed by atoms with van der Waals surface area (Å²) in [7, 11) is 4.51. The smallest absolute Gasteiger partial charge is 0.255 e. The third-order valence-electron chi connectivity index (χ3n) is 3.12. The lowest BCUT2D eigenvalue weighted by Gasteiger charge is -2.13. The van der Waals surface area contributed by atoms with Crippen LogP contribution < -0.4 is 19.5 Å². The first-order valence-electron chi connectivity index (χ1n) is 6.56. The van der Waals surface area contributed by atoms with Crippen LogP contribution in [0.1, 0.15) is 10.4 Å². The normalized spacial score (nSPS) is 10.1. The number of anilines is 1. The van der Waals surface area contributed by atoms with Crippen LogP contribution in [0.5, 0.6) is 17.2 Å². The third-order valence-corrected chi connectivity index (χ3v) is 3.68. The molecule has 23 heavy (non-hydrogen) atoms. The molecule has 0 aromatic heterocycles. The Kier molecular flexibility index (Phi) is 5.58. The van der Waals surface area contributed by atoms with Gasteiger partial charge in [0.2, 0.25) is 0 Å². The molecule has 0 atom stereocenters. The number of hydrogen-bond donors (Lipinski definition) is 1. The molecule has 1 N–H and O–H groups in total. The lowest BCUT2D eigenvalue weighted by molar-refractivity contribution is 0.102. The highest BCUT2D eigenvalue weighted by Gasteiger charge is 2.15. The maximum absolute atomic E-state index is 12.4. The van der Waals surface area contributed by atoms with Gasteiger partial charge in [0, 0.05) is 11.6 Å². The Morgan fingerprint density at radius 1 is 0.957 bits per heavy atom. The van der Waals surface area contributed by atoms with Gasteiger partial charge in [0.1, 0.15) is 11.5 Å². The van der Waals surface area contributed by atoms with E-state index in [-0.39, 0.29) is 16.0 Å². The molecule has 0 saturated heterocycles. The molecule has 0 heterocycles. The molecule has 0 unspecified atom stereocenters. The highest BCUT2D eigenvalue weighted by atomic mass is 35.5. The Hall–Kier alpha value is -2.11. The lowest BCUT2D eigenvalue weighted by Crippen LogP contribution is -2.13. The van der Waals surface area contributed by atoms with E-state index in [9.17, 15) is 4.79 Å². The van der Waals surface area contributed by atoms with Gasteiger partial charge >= 0.3 is 0 Å². The van der Waals surface area contributed by atoms with Crippen LogP contribution >= 0.6 is 23.2 Å². The largest absolute Gasteiger partial charge is 0.497 e. The van der Waals surface area contributed by atoms with Gasteiger partial charge in [-0.1, -0.05) is 23.2 Å². The van der Waals surface area contributed by atoms with Crippen molar-refractivity contribution in [2.24, 2.45) is 0 Å². The standard InChI is InChI=1S/C16H15Cl2NO4/c1-21-10-4-5-13(14(8-10)22-2)19-16(20)9-6-11(17)15(23-3)12(18)7-9/h4-8H,1-3H3,(H,19,20). The van der Waals surface area contributed by atoms with Crippen LogP contribution in [0.25, 0.3) is 0 Å². The lowest BCUT2D eigenvalue weighted by atomic mass is 10.2. The predicted molar refractivity (Wildman–Crippen MR) is 90.5 cm³/mol. The fourth-order valence-corrected chi connectivity index (χ4v) is 2.62. The number of hydrogen-bond acceptors (Lipinski definition) is 4. The minimum absolute atomic E-state index is 0.256. The van der Waals surface area contributed by atoms with E-state index in [0.29, 0.717) is 28.5 Å². The molecule has 0 fully saturated rings. The van der Waals surface area contributed by atoms with E-state index in [1.165, 1.54) is 26.4 Å². The summed E-state index contributed by atoms with van der Waals surface area (Å²) in [5, 5.41) is 3.26. The summed E-state index contributed by atoms with van der Waals surface area (Å²) in [6, 6.07) is 8.03. The average molecular weight is 356 g/mol. The summed E-state index contributed by atoms with van der Waals surface area (Å²) in [5.41, 5.74) is 0.806. The Morgan fingerprint density at radius 3 is 2.13 bits per heavy atom. The number of methoxy groups -OCH3 is 3. The number of amides is 1. The van der Waals surface area contributed by atoms with Crippen molar-refractivity contribution in [2.75, 3.05) is 26.6 Å². The molecule has 0 saturated carbocycles. The molecule has 0 bridgehead atoms. The molecule has 0 aliphatic heterocycles. The van der Waals surface area contributed by atoms with Gasteiger partial charge in [0.25, 0.3) is 5.91 Å². The van der Waals surface area contributed by atoms with Crippen molar-refractivity contribution in [3.63, 3.8) is 0 Å². The third kappa shape index (κ3) is 3.81. The van der Waals surface area contributed by atoms with Gasteiger partial charge in [-0.2, -0.15) is 0 Å².